The Morgan fingerprint density at radius 2 is 1.83 bits per heavy atom. The van der Waals surface area contributed by atoms with Gasteiger partial charge in [-0.15, -0.1) is 0 Å². The first-order valence-corrected chi connectivity index (χ1v) is 8.08. The van der Waals surface area contributed by atoms with Gasteiger partial charge in [-0.25, -0.2) is 0 Å². The van der Waals surface area contributed by atoms with Crippen LogP contribution in [0.2, 0.25) is 0 Å². The van der Waals surface area contributed by atoms with E-state index in [0.29, 0.717) is 5.56 Å². The molecule has 1 amide bonds. The van der Waals surface area contributed by atoms with Gasteiger partial charge in [0.15, 0.2) is 0 Å². The minimum atomic E-state index is -0.391. The maximum absolute atomic E-state index is 11.8. The Hall–Kier alpha value is -2.53. The molecule has 1 fully saturated rings. The van der Waals surface area contributed by atoms with Crippen LogP contribution >= 0.6 is 0 Å². The number of primary amides is 1. The van der Waals surface area contributed by atoms with Gasteiger partial charge in [0.1, 0.15) is 5.75 Å². The van der Waals surface area contributed by atoms with E-state index in [1.807, 2.05) is 30.3 Å². The molecule has 1 aliphatic heterocycles. The molecule has 5 heteroatoms. The third-order valence-corrected chi connectivity index (χ3v) is 4.56. The number of ether oxygens (including phenoxy) is 1. The average Bonchev–Trinajstić information content (AvgIpc) is 2.61. The molecule has 1 aliphatic rings. The summed E-state index contributed by atoms with van der Waals surface area (Å²) in [5.74, 6) is 0.449. The van der Waals surface area contributed by atoms with Gasteiger partial charge in [-0.2, -0.15) is 0 Å². The largest absolute Gasteiger partial charge is 0.497 e. The summed E-state index contributed by atoms with van der Waals surface area (Å²) in [4.78, 5) is 16.4. The number of hydrogen-bond donors (Lipinski definition) is 1. The van der Waals surface area contributed by atoms with Crippen molar-refractivity contribution in [3.63, 3.8) is 0 Å². The van der Waals surface area contributed by atoms with Crippen LogP contribution in [0.5, 0.6) is 5.75 Å². The van der Waals surface area contributed by atoms with Crippen molar-refractivity contribution in [2.24, 2.45) is 5.73 Å². The highest BCUT2D eigenvalue weighted by Crippen LogP contribution is 2.33. The number of carbonyl (C=O) groups excluding carboxylic acids is 1. The first kappa shape index (κ1) is 16.3. The zero-order chi connectivity index (χ0) is 17.1. The van der Waals surface area contributed by atoms with Crippen molar-refractivity contribution in [1.29, 1.82) is 0 Å². The number of methoxy groups -OCH3 is 1. The van der Waals surface area contributed by atoms with Gasteiger partial charge in [0.05, 0.1) is 24.4 Å². The topological polar surface area (TPSA) is 58.8 Å². The third kappa shape index (κ3) is 3.21. The van der Waals surface area contributed by atoms with E-state index in [1.165, 1.54) is 5.56 Å². The molecule has 1 atom stereocenters. The Bertz CT molecular complexity index is 715. The minimum Gasteiger partial charge on any atom is -0.497 e. The van der Waals surface area contributed by atoms with E-state index in [4.69, 9.17) is 10.5 Å². The Morgan fingerprint density at radius 1 is 1.12 bits per heavy atom. The molecule has 1 heterocycles. The van der Waals surface area contributed by atoms with Crippen molar-refractivity contribution < 1.29 is 9.53 Å². The standard InChI is InChI=1S/C19H23N3O2/c1-21-11-12-22(17-6-4-3-5-16(17)19(20)23)18(13-21)14-7-9-15(24-2)10-8-14/h3-10,18H,11-13H2,1-2H3,(H2,20,23). The van der Waals surface area contributed by atoms with Gasteiger partial charge < -0.3 is 20.3 Å². The highest BCUT2D eigenvalue weighted by molar-refractivity contribution is 5.98. The van der Waals surface area contributed by atoms with E-state index in [0.717, 1.165) is 31.1 Å². The zero-order valence-corrected chi connectivity index (χ0v) is 14.1. The fraction of sp³-hybridized carbons (Fsp3) is 0.316. The fourth-order valence-corrected chi connectivity index (χ4v) is 3.25. The molecule has 0 bridgehead atoms. The molecule has 2 aromatic rings. The van der Waals surface area contributed by atoms with Gasteiger partial charge in [-0.05, 0) is 36.9 Å². The molecule has 5 nitrogen and oxygen atoms in total. The maximum atomic E-state index is 11.8. The molecule has 0 aliphatic carbocycles. The van der Waals surface area contributed by atoms with Crippen molar-refractivity contribution in [2.75, 3.05) is 38.7 Å². The second-order valence-corrected chi connectivity index (χ2v) is 6.13. The van der Waals surface area contributed by atoms with E-state index in [2.05, 4.69) is 29.0 Å². The molecular weight excluding hydrogens is 302 g/mol. The van der Waals surface area contributed by atoms with Crippen LogP contribution in [0.25, 0.3) is 0 Å². The molecule has 2 N–H and O–H groups in total. The molecule has 2 aromatic carbocycles. The van der Waals surface area contributed by atoms with Crippen LogP contribution in [0.15, 0.2) is 48.5 Å². The van der Waals surface area contributed by atoms with Crippen LogP contribution in [0.1, 0.15) is 22.0 Å². The van der Waals surface area contributed by atoms with E-state index < -0.39 is 5.91 Å². The molecule has 0 saturated carbocycles. The van der Waals surface area contributed by atoms with Crippen molar-refractivity contribution in [3.05, 3.63) is 59.7 Å². The number of nitrogens with two attached hydrogens (primary N) is 1. The van der Waals surface area contributed by atoms with Gasteiger partial charge in [0, 0.05) is 19.6 Å². The van der Waals surface area contributed by atoms with Crippen LogP contribution in [0.4, 0.5) is 5.69 Å². The van der Waals surface area contributed by atoms with E-state index in [9.17, 15) is 4.79 Å². The maximum Gasteiger partial charge on any atom is 0.250 e. The van der Waals surface area contributed by atoms with Crippen molar-refractivity contribution >= 4 is 11.6 Å². The Kier molecular flexibility index (Phi) is 4.71. The average molecular weight is 325 g/mol. The van der Waals surface area contributed by atoms with E-state index in [-0.39, 0.29) is 6.04 Å². The summed E-state index contributed by atoms with van der Waals surface area (Å²) in [6, 6.07) is 15.8. The van der Waals surface area contributed by atoms with Gasteiger partial charge in [-0.3, -0.25) is 4.79 Å². The number of amides is 1. The summed E-state index contributed by atoms with van der Waals surface area (Å²) in [6.07, 6.45) is 0. The monoisotopic (exact) mass is 325 g/mol. The second-order valence-electron chi connectivity index (χ2n) is 6.13. The SMILES string of the molecule is COc1ccc(C2CN(C)CCN2c2ccccc2C(N)=O)cc1. The Morgan fingerprint density at radius 3 is 2.50 bits per heavy atom. The highest BCUT2D eigenvalue weighted by Gasteiger charge is 2.28. The summed E-state index contributed by atoms with van der Waals surface area (Å²) >= 11 is 0. The lowest BCUT2D eigenvalue weighted by Gasteiger charge is -2.42. The van der Waals surface area contributed by atoms with Crippen molar-refractivity contribution in [3.8, 4) is 5.75 Å². The number of carbonyl (C=O) groups is 1. The lowest BCUT2D eigenvalue weighted by atomic mass is 10.00. The predicted molar refractivity (Wildman–Crippen MR) is 95.5 cm³/mol. The summed E-state index contributed by atoms with van der Waals surface area (Å²) in [5.41, 5.74) is 8.25. The van der Waals surface area contributed by atoms with Crippen LogP contribution < -0.4 is 15.4 Å². The Balaban J connectivity index is 1.99. The lowest BCUT2D eigenvalue weighted by Crippen LogP contribution is -2.47. The highest BCUT2D eigenvalue weighted by atomic mass is 16.5. The summed E-state index contributed by atoms with van der Waals surface area (Å²) in [6.45, 7) is 2.68. The molecular formula is C19H23N3O2. The predicted octanol–water partition coefficient (Wildman–Crippen LogP) is 2.29. The first-order valence-electron chi connectivity index (χ1n) is 8.08. The fourth-order valence-electron chi connectivity index (χ4n) is 3.25. The molecule has 1 unspecified atom stereocenters. The van der Waals surface area contributed by atoms with Gasteiger partial charge in [0.25, 0.3) is 5.91 Å². The molecule has 0 aromatic heterocycles. The summed E-state index contributed by atoms with van der Waals surface area (Å²) < 4.78 is 5.25. The number of rotatable bonds is 4. The smallest absolute Gasteiger partial charge is 0.250 e. The number of likely N-dealkylation sites (N-methyl/N-ethyl adjacent to an activating group) is 1. The lowest BCUT2D eigenvalue weighted by molar-refractivity contribution is 0.100. The zero-order valence-electron chi connectivity index (χ0n) is 14.1. The molecule has 24 heavy (non-hydrogen) atoms. The minimum absolute atomic E-state index is 0.162. The second kappa shape index (κ2) is 6.93. The van der Waals surface area contributed by atoms with Crippen LogP contribution in [0.3, 0.4) is 0 Å². The molecule has 0 spiro atoms. The number of para-hydroxylation sites is 1. The number of anilines is 1. The van der Waals surface area contributed by atoms with E-state index >= 15 is 0 Å². The van der Waals surface area contributed by atoms with Crippen LogP contribution in [-0.4, -0.2) is 44.6 Å². The number of piperazine rings is 1. The summed E-state index contributed by atoms with van der Waals surface area (Å²) in [5, 5.41) is 0. The molecule has 0 radical (unpaired) electrons. The number of benzene rings is 2. The quantitative estimate of drug-likeness (QED) is 0.937. The van der Waals surface area contributed by atoms with Crippen molar-refractivity contribution in [2.45, 2.75) is 6.04 Å². The van der Waals surface area contributed by atoms with E-state index in [1.54, 1.807) is 13.2 Å². The van der Waals surface area contributed by atoms with Gasteiger partial charge in [0.2, 0.25) is 0 Å². The normalized spacial score (nSPS) is 18.4. The molecule has 1 saturated heterocycles. The summed E-state index contributed by atoms with van der Waals surface area (Å²) in [7, 11) is 3.78. The Labute approximate surface area is 142 Å². The first-order chi connectivity index (χ1) is 11.6. The third-order valence-electron chi connectivity index (χ3n) is 4.56. The van der Waals surface area contributed by atoms with Gasteiger partial charge in [-0.1, -0.05) is 24.3 Å². The van der Waals surface area contributed by atoms with Crippen LogP contribution in [-0.2, 0) is 0 Å². The van der Waals surface area contributed by atoms with Crippen LogP contribution in [0, 0.1) is 0 Å². The number of nitrogens with zero attached hydrogens (tertiary/aromatic N) is 2. The molecule has 3 rings (SSSR count). The molecule has 126 valence electrons. The van der Waals surface area contributed by atoms with Gasteiger partial charge >= 0.3 is 0 Å². The van der Waals surface area contributed by atoms with Crippen molar-refractivity contribution in [1.82, 2.24) is 4.90 Å². The number of hydrogen-bond acceptors (Lipinski definition) is 4.